The predicted molar refractivity (Wildman–Crippen MR) is 111 cm³/mol. The summed E-state index contributed by atoms with van der Waals surface area (Å²) < 4.78 is 0. The Morgan fingerprint density at radius 3 is 2.07 bits per heavy atom. The smallest absolute Gasteiger partial charge is 0.231 e. The Balaban J connectivity index is 1.48. The van der Waals surface area contributed by atoms with Gasteiger partial charge in [-0.05, 0) is 37.0 Å². The van der Waals surface area contributed by atoms with Crippen molar-refractivity contribution < 1.29 is 9.59 Å². The van der Waals surface area contributed by atoms with E-state index in [9.17, 15) is 9.59 Å². The van der Waals surface area contributed by atoms with E-state index in [-0.39, 0.29) is 23.7 Å². The largest absolute Gasteiger partial charge is 0.342 e. The molecule has 1 saturated heterocycles. The highest BCUT2D eigenvalue weighted by Gasteiger charge is 2.51. The molecule has 4 rings (SSSR count). The zero-order chi connectivity index (χ0) is 19.3. The van der Waals surface area contributed by atoms with Gasteiger partial charge < -0.3 is 9.80 Å². The molecule has 2 aromatic rings. The molecule has 2 fully saturated rings. The molecule has 2 atom stereocenters. The average molecular weight is 377 g/mol. The second-order valence-corrected chi connectivity index (χ2v) is 7.93. The minimum absolute atomic E-state index is 0.0724. The molecule has 2 aromatic carbocycles. The highest BCUT2D eigenvalue weighted by molar-refractivity contribution is 6.01. The number of benzene rings is 2. The Hall–Kier alpha value is -2.62. The topological polar surface area (TPSA) is 40.6 Å². The first-order valence-electron chi connectivity index (χ1n) is 10.4. The fourth-order valence-electron chi connectivity index (χ4n) is 4.14. The Morgan fingerprint density at radius 2 is 1.43 bits per heavy atom. The number of nitrogens with zero attached hydrogens (tertiary/aromatic N) is 2. The molecule has 1 aliphatic carbocycles. The fourth-order valence-corrected chi connectivity index (χ4v) is 4.14. The van der Waals surface area contributed by atoms with Crippen LogP contribution in [-0.4, -0.2) is 29.8 Å². The van der Waals surface area contributed by atoms with E-state index in [1.165, 1.54) is 12.8 Å². The maximum atomic E-state index is 13.3. The lowest BCUT2D eigenvalue weighted by Crippen LogP contribution is -2.36. The van der Waals surface area contributed by atoms with Gasteiger partial charge in [-0.1, -0.05) is 61.4 Å². The second kappa shape index (κ2) is 8.59. The lowest BCUT2D eigenvalue weighted by Gasteiger charge is -2.24. The summed E-state index contributed by atoms with van der Waals surface area (Å²) in [5.74, 6) is -0.0524. The van der Waals surface area contributed by atoms with Crippen LogP contribution in [0, 0.1) is 11.8 Å². The molecule has 1 aliphatic heterocycles. The zero-order valence-corrected chi connectivity index (χ0v) is 16.3. The van der Waals surface area contributed by atoms with Crippen molar-refractivity contribution in [1.29, 1.82) is 0 Å². The molecule has 2 unspecified atom stereocenters. The van der Waals surface area contributed by atoms with Gasteiger partial charge in [0.15, 0.2) is 0 Å². The minimum atomic E-state index is -0.181. The van der Waals surface area contributed by atoms with Crippen molar-refractivity contribution in [3.63, 3.8) is 0 Å². The van der Waals surface area contributed by atoms with E-state index in [0.717, 1.165) is 37.2 Å². The fraction of sp³-hybridized carbons (Fsp3) is 0.417. The molecular weight excluding hydrogens is 348 g/mol. The molecule has 1 saturated carbocycles. The van der Waals surface area contributed by atoms with Gasteiger partial charge in [0.25, 0.3) is 0 Å². The molecule has 0 bridgehead atoms. The molecule has 28 heavy (non-hydrogen) atoms. The maximum absolute atomic E-state index is 13.3. The highest BCUT2D eigenvalue weighted by atomic mass is 16.2. The van der Waals surface area contributed by atoms with Gasteiger partial charge in [-0.3, -0.25) is 9.59 Å². The van der Waals surface area contributed by atoms with E-state index in [4.69, 9.17) is 0 Å². The lowest BCUT2D eigenvalue weighted by molar-refractivity contribution is -0.134. The number of carbonyl (C=O) groups excluding carboxylic acids is 2. The SMILES string of the molecule is O=C(C1CC1C(=O)N(Cc1ccccc1)c1ccccc1)N1CCCCCC1. The summed E-state index contributed by atoms with van der Waals surface area (Å²) in [5, 5.41) is 0. The summed E-state index contributed by atoms with van der Waals surface area (Å²) in [6.07, 6.45) is 5.26. The summed E-state index contributed by atoms with van der Waals surface area (Å²) in [4.78, 5) is 30.1. The van der Waals surface area contributed by atoms with Gasteiger partial charge in [0, 0.05) is 18.8 Å². The summed E-state index contributed by atoms with van der Waals surface area (Å²) in [6, 6.07) is 19.8. The molecule has 2 aliphatic rings. The van der Waals surface area contributed by atoms with Gasteiger partial charge >= 0.3 is 0 Å². The number of para-hydroxylation sites is 1. The van der Waals surface area contributed by atoms with Crippen LogP contribution in [-0.2, 0) is 16.1 Å². The Bertz CT molecular complexity index is 798. The molecule has 2 amide bonds. The number of likely N-dealkylation sites (tertiary alicyclic amines) is 1. The number of anilines is 1. The van der Waals surface area contributed by atoms with Gasteiger partial charge in [-0.25, -0.2) is 0 Å². The number of hydrogen-bond acceptors (Lipinski definition) is 2. The molecule has 1 heterocycles. The Morgan fingerprint density at radius 1 is 0.821 bits per heavy atom. The molecule has 0 radical (unpaired) electrons. The number of carbonyl (C=O) groups is 2. The normalized spacial score (nSPS) is 21.6. The monoisotopic (exact) mass is 376 g/mol. The zero-order valence-electron chi connectivity index (χ0n) is 16.3. The third-order valence-corrected chi connectivity index (χ3v) is 5.86. The second-order valence-electron chi connectivity index (χ2n) is 7.93. The summed E-state index contributed by atoms with van der Waals surface area (Å²) in [6.45, 7) is 2.23. The molecule has 146 valence electrons. The van der Waals surface area contributed by atoms with Gasteiger partial charge in [-0.2, -0.15) is 0 Å². The molecule has 0 spiro atoms. The third-order valence-electron chi connectivity index (χ3n) is 5.86. The van der Waals surface area contributed by atoms with Crippen LogP contribution in [0.1, 0.15) is 37.7 Å². The van der Waals surface area contributed by atoms with Crippen LogP contribution >= 0.6 is 0 Å². The van der Waals surface area contributed by atoms with Crippen LogP contribution in [0.4, 0.5) is 5.69 Å². The van der Waals surface area contributed by atoms with E-state index in [1.807, 2.05) is 70.5 Å². The van der Waals surface area contributed by atoms with E-state index >= 15 is 0 Å². The van der Waals surface area contributed by atoms with Gasteiger partial charge in [-0.15, -0.1) is 0 Å². The predicted octanol–water partition coefficient (Wildman–Crippen LogP) is 4.26. The van der Waals surface area contributed by atoms with Crippen molar-refractivity contribution in [1.82, 2.24) is 4.90 Å². The number of hydrogen-bond donors (Lipinski definition) is 0. The van der Waals surface area contributed by atoms with Gasteiger partial charge in [0.2, 0.25) is 11.8 Å². The van der Waals surface area contributed by atoms with E-state index in [2.05, 4.69) is 0 Å². The molecule has 0 N–H and O–H groups in total. The van der Waals surface area contributed by atoms with Crippen LogP contribution < -0.4 is 4.90 Å². The van der Waals surface area contributed by atoms with Crippen LogP contribution in [0.2, 0.25) is 0 Å². The van der Waals surface area contributed by atoms with Crippen LogP contribution in [0.15, 0.2) is 60.7 Å². The summed E-state index contributed by atoms with van der Waals surface area (Å²) >= 11 is 0. The molecule has 0 aromatic heterocycles. The Labute approximate surface area is 167 Å². The van der Waals surface area contributed by atoms with Crippen molar-refractivity contribution >= 4 is 17.5 Å². The first kappa shape index (κ1) is 18.7. The molecule has 4 heteroatoms. The van der Waals surface area contributed by atoms with Crippen molar-refractivity contribution in [3.8, 4) is 0 Å². The van der Waals surface area contributed by atoms with E-state index < -0.39 is 0 Å². The van der Waals surface area contributed by atoms with Crippen molar-refractivity contribution in [2.45, 2.75) is 38.6 Å². The standard InChI is InChI=1S/C24H28N2O2/c27-23(25-15-9-1-2-10-16-25)21-17-22(21)24(28)26(20-13-7-4-8-14-20)18-19-11-5-3-6-12-19/h3-8,11-14,21-22H,1-2,9-10,15-18H2. The van der Waals surface area contributed by atoms with Crippen molar-refractivity contribution in [2.24, 2.45) is 11.8 Å². The van der Waals surface area contributed by atoms with Gasteiger partial charge in [0.1, 0.15) is 0 Å². The minimum Gasteiger partial charge on any atom is -0.342 e. The number of amides is 2. The highest BCUT2D eigenvalue weighted by Crippen LogP contribution is 2.42. The van der Waals surface area contributed by atoms with Crippen LogP contribution in [0.5, 0.6) is 0 Å². The summed E-state index contributed by atoms with van der Waals surface area (Å²) in [5.41, 5.74) is 1.99. The van der Waals surface area contributed by atoms with E-state index in [0.29, 0.717) is 13.0 Å². The van der Waals surface area contributed by atoms with Crippen LogP contribution in [0.3, 0.4) is 0 Å². The molecule has 4 nitrogen and oxygen atoms in total. The first-order chi connectivity index (χ1) is 13.7. The van der Waals surface area contributed by atoms with Crippen molar-refractivity contribution in [3.05, 3.63) is 66.2 Å². The van der Waals surface area contributed by atoms with Crippen LogP contribution in [0.25, 0.3) is 0 Å². The van der Waals surface area contributed by atoms with Crippen molar-refractivity contribution in [2.75, 3.05) is 18.0 Å². The maximum Gasteiger partial charge on any atom is 0.231 e. The lowest BCUT2D eigenvalue weighted by atomic mass is 10.1. The third kappa shape index (κ3) is 4.27. The molecular formula is C24H28N2O2. The average Bonchev–Trinajstić information content (AvgIpc) is 3.57. The van der Waals surface area contributed by atoms with E-state index in [1.54, 1.807) is 0 Å². The van der Waals surface area contributed by atoms with Gasteiger partial charge in [0.05, 0.1) is 18.4 Å². The first-order valence-corrected chi connectivity index (χ1v) is 10.4. The summed E-state index contributed by atoms with van der Waals surface area (Å²) in [7, 11) is 0. The number of rotatable bonds is 5. The quantitative estimate of drug-likeness (QED) is 0.782. The Kier molecular flexibility index (Phi) is 5.75.